The van der Waals surface area contributed by atoms with Gasteiger partial charge in [-0.3, -0.25) is 0 Å². The standard InChI is InChI=1S/C4H9.2CH3.Bi/c1-4(2)3;;;/h1-3H3;2*1H3;. The quantitative estimate of drug-likeness (QED) is 0.603. The molecule has 0 unspecified atom stereocenters. The molecule has 0 N–H and O–H groups in total. The molecule has 0 aromatic rings. The SMILES string of the molecule is [CH3][Bi]([CH3])[C](C)(C)C. The molecular formula is C6H15Bi. The first-order chi connectivity index (χ1) is 2.94. The van der Waals surface area contributed by atoms with Crippen LogP contribution in [-0.2, 0) is 0 Å². The average molecular weight is 296 g/mol. The Labute approximate surface area is 55.0 Å². The van der Waals surface area contributed by atoms with E-state index in [1.54, 1.807) is 0 Å². The molecule has 0 aromatic carbocycles. The Morgan fingerprint density at radius 2 is 1.14 bits per heavy atom. The second-order valence-electron chi connectivity index (χ2n) is 3.07. The van der Waals surface area contributed by atoms with Gasteiger partial charge in [0.05, 0.1) is 0 Å². The Morgan fingerprint density at radius 3 is 1.14 bits per heavy atom. The third-order valence-electron chi connectivity index (χ3n) is 1.34. The second kappa shape index (κ2) is 2.44. The van der Waals surface area contributed by atoms with E-state index in [0.717, 1.165) is 0 Å². The summed E-state index contributed by atoms with van der Waals surface area (Å²) in [5, 5.41) is 0. The molecule has 0 aliphatic rings. The fourth-order valence-electron chi connectivity index (χ4n) is 0. The first-order valence-electron chi connectivity index (χ1n) is 2.62. The van der Waals surface area contributed by atoms with Gasteiger partial charge in [0, 0.05) is 0 Å². The maximum atomic E-state index is 2.45. The van der Waals surface area contributed by atoms with Crippen LogP contribution in [0.5, 0.6) is 0 Å². The van der Waals surface area contributed by atoms with E-state index in [1.165, 1.54) is 0 Å². The molecule has 0 aliphatic carbocycles. The molecule has 0 atom stereocenters. The third-order valence-corrected chi connectivity index (χ3v) is 11.8. The summed E-state index contributed by atoms with van der Waals surface area (Å²) in [5.41, 5.74) is 0. The van der Waals surface area contributed by atoms with Gasteiger partial charge in [-0.2, -0.15) is 0 Å². The van der Waals surface area contributed by atoms with Crippen LogP contribution in [0.4, 0.5) is 0 Å². The molecule has 0 aromatic heterocycles. The summed E-state index contributed by atoms with van der Waals surface area (Å²) in [4.78, 5) is 0. The average Bonchev–Trinajstić information content (AvgIpc) is 1.31. The molecule has 7 heavy (non-hydrogen) atoms. The Bertz CT molecular complexity index is 49.7. The molecule has 0 amide bonds. The van der Waals surface area contributed by atoms with E-state index < -0.39 is 21.8 Å². The van der Waals surface area contributed by atoms with Gasteiger partial charge in [0.1, 0.15) is 0 Å². The van der Waals surface area contributed by atoms with Gasteiger partial charge in [-0.15, -0.1) is 0 Å². The topological polar surface area (TPSA) is 0 Å². The van der Waals surface area contributed by atoms with Crippen LogP contribution in [0, 0.1) is 0 Å². The van der Waals surface area contributed by atoms with Gasteiger partial charge < -0.3 is 0 Å². The normalized spacial score (nSPS) is 12.9. The Morgan fingerprint density at radius 1 is 1.00 bits per heavy atom. The van der Waals surface area contributed by atoms with Crippen LogP contribution in [0.25, 0.3) is 0 Å². The molecule has 0 bridgehead atoms. The zero-order chi connectivity index (χ0) is 6.08. The van der Waals surface area contributed by atoms with Crippen LogP contribution < -0.4 is 0 Å². The van der Waals surface area contributed by atoms with Crippen LogP contribution in [0.1, 0.15) is 20.8 Å². The molecule has 0 spiro atoms. The van der Waals surface area contributed by atoms with Crippen molar-refractivity contribution in [1.29, 1.82) is 0 Å². The molecule has 0 saturated heterocycles. The molecular weight excluding hydrogens is 281 g/mol. The number of hydrogen-bond acceptors (Lipinski definition) is 0. The molecule has 44 valence electrons. The van der Waals surface area contributed by atoms with Crippen molar-refractivity contribution in [1.82, 2.24) is 0 Å². The Balaban J connectivity index is 3.54. The summed E-state index contributed by atoms with van der Waals surface area (Å²) >= 11 is -0.899. The van der Waals surface area contributed by atoms with Gasteiger partial charge in [0.15, 0.2) is 0 Å². The van der Waals surface area contributed by atoms with E-state index in [4.69, 9.17) is 0 Å². The summed E-state index contributed by atoms with van der Waals surface area (Å²) in [6, 6.07) is 0. The zero-order valence-electron chi connectivity index (χ0n) is 5.95. The molecule has 0 rings (SSSR count). The summed E-state index contributed by atoms with van der Waals surface area (Å²) in [6.07, 6.45) is 0. The minimum absolute atomic E-state index is 0.704. The van der Waals surface area contributed by atoms with E-state index >= 15 is 0 Å². The fourth-order valence-corrected chi connectivity index (χ4v) is 0. The van der Waals surface area contributed by atoms with Crippen molar-refractivity contribution >= 4 is 21.8 Å². The molecule has 0 radical (unpaired) electrons. The van der Waals surface area contributed by atoms with Gasteiger partial charge in [-0.05, 0) is 0 Å². The van der Waals surface area contributed by atoms with Gasteiger partial charge >= 0.3 is 54.9 Å². The van der Waals surface area contributed by atoms with Gasteiger partial charge in [-0.1, -0.05) is 0 Å². The summed E-state index contributed by atoms with van der Waals surface area (Å²) in [5.74, 6) is 0. The Kier molecular flexibility index (Phi) is 2.75. The predicted molar refractivity (Wildman–Crippen MR) is 37.2 cm³/mol. The van der Waals surface area contributed by atoms with Crippen molar-refractivity contribution in [2.45, 2.75) is 33.2 Å². The molecule has 0 nitrogen and oxygen atoms in total. The van der Waals surface area contributed by atoms with Crippen LogP contribution in [0.2, 0.25) is 12.4 Å². The van der Waals surface area contributed by atoms with E-state index in [2.05, 4.69) is 30.0 Å². The summed E-state index contributed by atoms with van der Waals surface area (Å²) in [6.45, 7) is 7.06. The molecule has 0 saturated carbocycles. The van der Waals surface area contributed by atoms with Crippen molar-refractivity contribution in [3.63, 3.8) is 0 Å². The molecule has 0 fully saturated rings. The van der Waals surface area contributed by atoms with E-state index in [-0.39, 0.29) is 0 Å². The zero-order valence-corrected chi connectivity index (χ0v) is 9.42. The van der Waals surface area contributed by atoms with Crippen LogP contribution >= 0.6 is 0 Å². The summed E-state index contributed by atoms with van der Waals surface area (Å²) < 4.78 is 5.61. The predicted octanol–water partition coefficient (Wildman–Crippen LogP) is 2.54. The summed E-state index contributed by atoms with van der Waals surface area (Å²) in [7, 11) is 0. The Hall–Kier alpha value is 0.883. The van der Waals surface area contributed by atoms with Crippen LogP contribution in [-0.4, -0.2) is 21.8 Å². The number of rotatable bonds is 0. The third kappa shape index (κ3) is 3.46. The maximum absolute atomic E-state index is 2.45. The van der Waals surface area contributed by atoms with E-state index in [0.29, 0.717) is 3.12 Å². The monoisotopic (exact) mass is 296 g/mol. The van der Waals surface area contributed by atoms with Gasteiger partial charge in [0.2, 0.25) is 0 Å². The van der Waals surface area contributed by atoms with E-state index in [9.17, 15) is 0 Å². The van der Waals surface area contributed by atoms with Gasteiger partial charge in [-0.25, -0.2) is 0 Å². The molecule has 1 heteroatoms. The minimum atomic E-state index is -0.899. The first-order valence-corrected chi connectivity index (χ1v) is 11.3. The second-order valence-corrected chi connectivity index (χ2v) is 15.2. The van der Waals surface area contributed by atoms with Crippen molar-refractivity contribution in [3.8, 4) is 0 Å². The van der Waals surface area contributed by atoms with Crippen molar-refractivity contribution < 1.29 is 0 Å². The molecule has 0 aliphatic heterocycles. The van der Waals surface area contributed by atoms with Crippen molar-refractivity contribution in [2.75, 3.05) is 0 Å². The first kappa shape index (κ1) is 7.88. The fraction of sp³-hybridized carbons (Fsp3) is 1.00. The number of hydrogen-bond donors (Lipinski definition) is 0. The van der Waals surface area contributed by atoms with Crippen LogP contribution in [0.3, 0.4) is 0 Å². The van der Waals surface area contributed by atoms with Crippen molar-refractivity contribution in [2.24, 2.45) is 0 Å². The van der Waals surface area contributed by atoms with Gasteiger partial charge in [0.25, 0.3) is 0 Å². The molecule has 0 heterocycles. The van der Waals surface area contributed by atoms with Crippen molar-refractivity contribution in [3.05, 3.63) is 0 Å². The van der Waals surface area contributed by atoms with E-state index in [1.807, 2.05) is 0 Å². The van der Waals surface area contributed by atoms with Crippen LogP contribution in [0.15, 0.2) is 0 Å².